The van der Waals surface area contributed by atoms with Gasteiger partial charge in [-0.2, -0.15) is 0 Å². The van der Waals surface area contributed by atoms with Crippen LogP contribution < -0.4 is 20.7 Å². The van der Waals surface area contributed by atoms with Crippen molar-refractivity contribution in [2.24, 2.45) is 0 Å². The van der Waals surface area contributed by atoms with Gasteiger partial charge in [0, 0.05) is 6.04 Å². The van der Waals surface area contributed by atoms with E-state index < -0.39 is 0 Å². The van der Waals surface area contributed by atoms with Gasteiger partial charge in [-0.25, -0.2) is 0 Å². The SMILES string of the molecule is Nc1cccc2c1N(CC(=O)NC1CCCCC1)C(=O)CO2. The van der Waals surface area contributed by atoms with Crippen molar-refractivity contribution in [3.8, 4) is 5.75 Å². The van der Waals surface area contributed by atoms with Gasteiger partial charge in [0.15, 0.2) is 6.61 Å². The first-order valence-corrected chi connectivity index (χ1v) is 7.76. The van der Waals surface area contributed by atoms with Gasteiger partial charge < -0.3 is 15.8 Å². The third-order valence-electron chi connectivity index (χ3n) is 4.22. The van der Waals surface area contributed by atoms with Gasteiger partial charge in [0.25, 0.3) is 5.91 Å². The first-order valence-electron chi connectivity index (χ1n) is 7.76. The number of anilines is 2. The molecule has 2 aliphatic rings. The molecule has 1 fully saturated rings. The van der Waals surface area contributed by atoms with Crippen LogP contribution in [-0.4, -0.2) is 31.0 Å². The molecule has 22 heavy (non-hydrogen) atoms. The molecule has 6 nitrogen and oxygen atoms in total. The van der Waals surface area contributed by atoms with E-state index in [0.29, 0.717) is 17.1 Å². The maximum Gasteiger partial charge on any atom is 0.265 e. The van der Waals surface area contributed by atoms with Gasteiger partial charge in [0.05, 0.1) is 5.69 Å². The zero-order valence-electron chi connectivity index (χ0n) is 12.5. The van der Waals surface area contributed by atoms with Gasteiger partial charge in [-0.3, -0.25) is 14.5 Å². The first-order chi connectivity index (χ1) is 10.6. The molecule has 1 heterocycles. The number of nitrogens with one attached hydrogen (secondary N) is 1. The Morgan fingerprint density at radius 1 is 1.32 bits per heavy atom. The third-order valence-corrected chi connectivity index (χ3v) is 4.22. The van der Waals surface area contributed by atoms with E-state index >= 15 is 0 Å². The van der Waals surface area contributed by atoms with Crippen molar-refractivity contribution in [3.63, 3.8) is 0 Å². The van der Waals surface area contributed by atoms with Gasteiger partial charge in [0.1, 0.15) is 18.0 Å². The lowest BCUT2D eigenvalue weighted by atomic mass is 9.95. The fourth-order valence-corrected chi connectivity index (χ4v) is 3.12. The van der Waals surface area contributed by atoms with Crippen LogP contribution in [0.3, 0.4) is 0 Å². The molecule has 0 bridgehead atoms. The van der Waals surface area contributed by atoms with Crippen LogP contribution in [0.4, 0.5) is 11.4 Å². The summed E-state index contributed by atoms with van der Waals surface area (Å²) in [6.07, 6.45) is 5.57. The summed E-state index contributed by atoms with van der Waals surface area (Å²) in [5.74, 6) is 0.158. The average molecular weight is 303 g/mol. The molecule has 118 valence electrons. The standard InChI is InChI=1S/C16H21N3O3/c17-12-7-4-8-13-16(12)19(15(21)10-22-13)9-14(20)18-11-5-2-1-3-6-11/h4,7-8,11H,1-3,5-6,9-10,17H2,(H,18,20). The maximum absolute atomic E-state index is 12.3. The number of hydrogen-bond acceptors (Lipinski definition) is 4. The fourth-order valence-electron chi connectivity index (χ4n) is 3.12. The van der Waals surface area contributed by atoms with E-state index in [-0.39, 0.29) is 31.0 Å². The monoisotopic (exact) mass is 303 g/mol. The number of fused-ring (bicyclic) bond motifs is 1. The van der Waals surface area contributed by atoms with Gasteiger partial charge >= 0.3 is 0 Å². The summed E-state index contributed by atoms with van der Waals surface area (Å²) in [4.78, 5) is 25.8. The highest BCUT2D eigenvalue weighted by molar-refractivity contribution is 6.04. The van der Waals surface area contributed by atoms with Crippen LogP contribution in [0.15, 0.2) is 18.2 Å². The van der Waals surface area contributed by atoms with Crippen molar-refractivity contribution >= 4 is 23.2 Å². The molecule has 1 aromatic rings. The molecule has 0 saturated heterocycles. The van der Waals surface area contributed by atoms with E-state index in [4.69, 9.17) is 10.5 Å². The lowest BCUT2D eigenvalue weighted by Crippen LogP contribution is -2.47. The van der Waals surface area contributed by atoms with Gasteiger partial charge in [-0.15, -0.1) is 0 Å². The van der Waals surface area contributed by atoms with Gasteiger partial charge in [-0.05, 0) is 25.0 Å². The van der Waals surface area contributed by atoms with Crippen molar-refractivity contribution in [2.75, 3.05) is 23.8 Å². The normalized spacial score (nSPS) is 18.5. The van der Waals surface area contributed by atoms with Crippen LogP contribution in [0.2, 0.25) is 0 Å². The number of rotatable bonds is 3. The van der Waals surface area contributed by atoms with Crippen molar-refractivity contribution in [3.05, 3.63) is 18.2 Å². The number of nitrogen functional groups attached to an aromatic ring is 1. The molecule has 1 aliphatic carbocycles. The smallest absolute Gasteiger partial charge is 0.265 e. The number of para-hydroxylation sites is 1. The van der Waals surface area contributed by atoms with Crippen LogP contribution in [0, 0.1) is 0 Å². The van der Waals surface area contributed by atoms with Crippen molar-refractivity contribution in [1.82, 2.24) is 5.32 Å². The number of carbonyl (C=O) groups excluding carboxylic acids is 2. The highest BCUT2D eigenvalue weighted by Gasteiger charge is 2.29. The second-order valence-corrected chi connectivity index (χ2v) is 5.86. The summed E-state index contributed by atoms with van der Waals surface area (Å²) >= 11 is 0. The third kappa shape index (κ3) is 3.00. The summed E-state index contributed by atoms with van der Waals surface area (Å²) in [6.45, 7) is -0.0763. The summed E-state index contributed by atoms with van der Waals surface area (Å²) in [6, 6.07) is 5.45. The van der Waals surface area contributed by atoms with Gasteiger partial charge in [0.2, 0.25) is 5.91 Å². The first kappa shape index (κ1) is 14.7. The predicted octanol–water partition coefficient (Wildman–Crippen LogP) is 1.44. The summed E-state index contributed by atoms with van der Waals surface area (Å²) < 4.78 is 5.38. The lowest BCUT2D eigenvalue weighted by Gasteiger charge is -2.31. The Balaban J connectivity index is 1.71. The highest BCUT2D eigenvalue weighted by atomic mass is 16.5. The zero-order valence-corrected chi connectivity index (χ0v) is 12.5. The minimum atomic E-state index is -0.246. The summed E-state index contributed by atoms with van der Waals surface area (Å²) in [5, 5.41) is 3.02. The number of nitrogens with zero attached hydrogens (tertiary/aromatic N) is 1. The Morgan fingerprint density at radius 3 is 2.86 bits per heavy atom. The largest absolute Gasteiger partial charge is 0.481 e. The average Bonchev–Trinajstić information content (AvgIpc) is 2.51. The van der Waals surface area contributed by atoms with Crippen molar-refractivity contribution in [1.29, 1.82) is 0 Å². The van der Waals surface area contributed by atoms with Crippen molar-refractivity contribution < 1.29 is 14.3 Å². The molecule has 6 heteroatoms. The number of nitrogens with two attached hydrogens (primary N) is 1. The van der Waals surface area contributed by atoms with E-state index in [0.717, 1.165) is 25.7 Å². The molecule has 2 amide bonds. The van der Waals surface area contributed by atoms with Gasteiger partial charge in [-0.1, -0.05) is 25.3 Å². The topological polar surface area (TPSA) is 84.7 Å². The molecule has 3 rings (SSSR count). The minimum Gasteiger partial charge on any atom is -0.481 e. The molecular formula is C16H21N3O3. The van der Waals surface area contributed by atoms with E-state index in [1.807, 2.05) is 0 Å². The molecule has 1 aromatic carbocycles. The number of benzene rings is 1. The van der Waals surface area contributed by atoms with E-state index in [1.54, 1.807) is 18.2 Å². The second kappa shape index (κ2) is 6.25. The van der Waals surface area contributed by atoms with E-state index in [2.05, 4.69) is 5.32 Å². The van der Waals surface area contributed by atoms with Crippen LogP contribution in [-0.2, 0) is 9.59 Å². The van der Waals surface area contributed by atoms with E-state index in [1.165, 1.54) is 11.3 Å². The lowest BCUT2D eigenvalue weighted by molar-refractivity contribution is -0.125. The Morgan fingerprint density at radius 2 is 2.09 bits per heavy atom. The molecule has 0 aromatic heterocycles. The molecule has 1 aliphatic heterocycles. The molecule has 0 unspecified atom stereocenters. The molecule has 0 radical (unpaired) electrons. The van der Waals surface area contributed by atoms with Crippen LogP contribution >= 0.6 is 0 Å². The van der Waals surface area contributed by atoms with Crippen molar-refractivity contribution in [2.45, 2.75) is 38.1 Å². The predicted molar refractivity (Wildman–Crippen MR) is 83.7 cm³/mol. The summed E-state index contributed by atoms with van der Waals surface area (Å²) in [7, 11) is 0. The minimum absolute atomic E-state index is 0.0140. The second-order valence-electron chi connectivity index (χ2n) is 5.86. The van der Waals surface area contributed by atoms with E-state index in [9.17, 15) is 9.59 Å². The number of hydrogen-bond donors (Lipinski definition) is 2. The zero-order chi connectivity index (χ0) is 15.5. The number of amides is 2. The highest BCUT2D eigenvalue weighted by Crippen LogP contribution is 2.36. The van der Waals surface area contributed by atoms with Crippen LogP contribution in [0.1, 0.15) is 32.1 Å². The maximum atomic E-state index is 12.3. The molecule has 0 atom stereocenters. The quantitative estimate of drug-likeness (QED) is 0.828. The number of ether oxygens (including phenoxy) is 1. The number of carbonyl (C=O) groups is 2. The fraction of sp³-hybridized carbons (Fsp3) is 0.500. The Labute approximate surface area is 129 Å². The Kier molecular flexibility index (Phi) is 4.18. The van der Waals surface area contributed by atoms with Crippen LogP contribution in [0.5, 0.6) is 5.75 Å². The Bertz CT molecular complexity index is 582. The molecular weight excluding hydrogens is 282 g/mol. The molecule has 0 spiro atoms. The Hall–Kier alpha value is -2.24. The summed E-state index contributed by atoms with van der Waals surface area (Å²) in [5.41, 5.74) is 6.89. The molecule has 1 saturated carbocycles. The van der Waals surface area contributed by atoms with Crippen LogP contribution in [0.25, 0.3) is 0 Å². The molecule has 3 N–H and O–H groups in total.